The Morgan fingerprint density at radius 3 is 2.71 bits per heavy atom. The summed E-state index contributed by atoms with van der Waals surface area (Å²) in [7, 11) is 0. The Labute approximate surface area is 126 Å². The molecule has 1 fully saturated rings. The minimum absolute atomic E-state index is 0.0634. The summed E-state index contributed by atoms with van der Waals surface area (Å²) in [6.45, 7) is 6.37. The van der Waals surface area contributed by atoms with Crippen LogP contribution in [0.1, 0.15) is 44.1 Å². The van der Waals surface area contributed by atoms with E-state index in [4.69, 9.17) is 9.51 Å². The Kier molecular flexibility index (Phi) is 4.06. The molecule has 0 spiro atoms. The van der Waals surface area contributed by atoms with Gasteiger partial charge in [0.05, 0.1) is 5.41 Å². The zero-order valence-electron chi connectivity index (χ0n) is 12.9. The number of aryl methyl sites for hydroxylation is 1. The summed E-state index contributed by atoms with van der Waals surface area (Å²) >= 11 is 0. The summed E-state index contributed by atoms with van der Waals surface area (Å²) in [5.74, 6) is 1.54. The molecule has 0 saturated carbocycles. The monoisotopic (exact) mass is 285 g/mol. The van der Waals surface area contributed by atoms with Gasteiger partial charge in [-0.15, -0.1) is 0 Å². The van der Waals surface area contributed by atoms with Crippen LogP contribution in [0.25, 0.3) is 11.4 Å². The van der Waals surface area contributed by atoms with Crippen LogP contribution in [0, 0.1) is 6.92 Å². The molecule has 1 saturated heterocycles. The molecule has 4 heteroatoms. The standard InChI is InChI=1S/C17H23N3O/c1-3-8-17(9-11-18-12-10-17)16-19-15(20-21-16)14-7-5-4-6-13(14)2/h4-7,18H,3,8-12H2,1-2H3. The van der Waals surface area contributed by atoms with Gasteiger partial charge in [0.2, 0.25) is 11.7 Å². The average Bonchev–Trinajstić information content (AvgIpc) is 2.99. The maximum Gasteiger partial charge on any atom is 0.233 e. The molecule has 21 heavy (non-hydrogen) atoms. The first-order chi connectivity index (χ1) is 10.2. The van der Waals surface area contributed by atoms with Crippen LogP contribution in [0.2, 0.25) is 0 Å². The van der Waals surface area contributed by atoms with Gasteiger partial charge in [-0.3, -0.25) is 0 Å². The lowest BCUT2D eigenvalue weighted by atomic mass is 9.75. The molecule has 4 nitrogen and oxygen atoms in total. The zero-order valence-corrected chi connectivity index (χ0v) is 12.9. The first-order valence-corrected chi connectivity index (χ1v) is 7.86. The number of piperidine rings is 1. The lowest BCUT2D eigenvalue weighted by molar-refractivity contribution is 0.208. The van der Waals surface area contributed by atoms with Gasteiger partial charge in [0, 0.05) is 5.56 Å². The molecule has 2 heterocycles. The Balaban J connectivity index is 1.94. The van der Waals surface area contributed by atoms with Gasteiger partial charge in [-0.25, -0.2) is 0 Å². The highest BCUT2D eigenvalue weighted by atomic mass is 16.5. The largest absolute Gasteiger partial charge is 0.338 e. The van der Waals surface area contributed by atoms with Crippen LogP contribution in [0.4, 0.5) is 0 Å². The first kappa shape index (κ1) is 14.3. The fourth-order valence-electron chi connectivity index (χ4n) is 3.33. The van der Waals surface area contributed by atoms with Crippen molar-refractivity contribution >= 4 is 0 Å². The summed E-state index contributed by atoms with van der Waals surface area (Å²) in [5, 5.41) is 7.67. The van der Waals surface area contributed by atoms with E-state index in [1.807, 2.05) is 12.1 Å². The molecule has 1 aliphatic rings. The summed E-state index contributed by atoms with van der Waals surface area (Å²) in [6.07, 6.45) is 4.42. The quantitative estimate of drug-likeness (QED) is 0.934. The smallest absolute Gasteiger partial charge is 0.233 e. The maximum atomic E-state index is 5.68. The van der Waals surface area contributed by atoms with Crippen LogP contribution in [-0.2, 0) is 5.41 Å². The van der Waals surface area contributed by atoms with Crippen molar-refractivity contribution in [3.05, 3.63) is 35.7 Å². The van der Waals surface area contributed by atoms with Gasteiger partial charge in [-0.2, -0.15) is 4.98 Å². The van der Waals surface area contributed by atoms with E-state index in [1.54, 1.807) is 0 Å². The molecular formula is C17H23N3O. The topological polar surface area (TPSA) is 51.0 Å². The predicted molar refractivity (Wildman–Crippen MR) is 83.2 cm³/mol. The normalized spacial score (nSPS) is 17.8. The van der Waals surface area contributed by atoms with E-state index in [9.17, 15) is 0 Å². The van der Waals surface area contributed by atoms with Crippen molar-refractivity contribution in [3.63, 3.8) is 0 Å². The van der Waals surface area contributed by atoms with Crippen molar-refractivity contribution in [3.8, 4) is 11.4 Å². The predicted octanol–water partition coefficient (Wildman–Crippen LogP) is 3.47. The van der Waals surface area contributed by atoms with E-state index in [2.05, 4.69) is 36.5 Å². The summed E-state index contributed by atoms with van der Waals surface area (Å²) < 4.78 is 5.68. The van der Waals surface area contributed by atoms with Gasteiger partial charge in [-0.05, 0) is 44.8 Å². The molecule has 1 aromatic carbocycles. The molecule has 3 rings (SSSR count). The second-order valence-electron chi connectivity index (χ2n) is 6.02. The van der Waals surface area contributed by atoms with E-state index in [-0.39, 0.29) is 5.41 Å². The Hall–Kier alpha value is -1.68. The molecule has 0 aliphatic carbocycles. The highest BCUT2D eigenvalue weighted by molar-refractivity contribution is 5.59. The molecule has 0 bridgehead atoms. The molecule has 112 valence electrons. The third-order valence-electron chi connectivity index (χ3n) is 4.55. The van der Waals surface area contributed by atoms with E-state index < -0.39 is 0 Å². The minimum atomic E-state index is 0.0634. The van der Waals surface area contributed by atoms with Crippen LogP contribution >= 0.6 is 0 Å². The van der Waals surface area contributed by atoms with Crippen LogP contribution < -0.4 is 5.32 Å². The number of benzene rings is 1. The third-order valence-corrected chi connectivity index (χ3v) is 4.55. The molecule has 0 radical (unpaired) electrons. The highest BCUT2D eigenvalue weighted by Gasteiger charge is 2.38. The summed E-state index contributed by atoms with van der Waals surface area (Å²) in [5.41, 5.74) is 2.31. The number of hydrogen-bond acceptors (Lipinski definition) is 4. The Morgan fingerprint density at radius 1 is 1.24 bits per heavy atom. The van der Waals surface area contributed by atoms with Gasteiger partial charge in [0.25, 0.3) is 0 Å². The Bertz CT molecular complexity index is 594. The fourth-order valence-corrected chi connectivity index (χ4v) is 3.33. The van der Waals surface area contributed by atoms with Gasteiger partial charge >= 0.3 is 0 Å². The second kappa shape index (κ2) is 5.98. The number of hydrogen-bond donors (Lipinski definition) is 1. The molecule has 1 aromatic heterocycles. The van der Waals surface area contributed by atoms with Crippen molar-refractivity contribution in [2.45, 2.75) is 44.9 Å². The van der Waals surface area contributed by atoms with E-state index >= 15 is 0 Å². The van der Waals surface area contributed by atoms with Crippen LogP contribution in [-0.4, -0.2) is 23.2 Å². The van der Waals surface area contributed by atoms with Crippen LogP contribution in [0.15, 0.2) is 28.8 Å². The summed E-state index contributed by atoms with van der Waals surface area (Å²) in [4.78, 5) is 4.75. The number of aromatic nitrogens is 2. The van der Waals surface area contributed by atoms with Gasteiger partial charge in [-0.1, -0.05) is 42.8 Å². The van der Waals surface area contributed by atoms with Gasteiger partial charge in [0.15, 0.2) is 0 Å². The van der Waals surface area contributed by atoms with Gasteiger partial charge in [0.1, 0.15) is 0 Å². The van der Waals surface area contributed by atoms with Crippen molar-refractivity contribution in [2.75, 3.05) is 13.1 Å². The van der Waals surface area contributed by atoms with Crippen LogP contribution in [0.5, 0.6) is 0 Å². The fraction of sp³-hybridized carbons (Fsp3) is 0.529. The van der Waals surface area contributed by atoms with Crippen LogP contribution in [0.3, 0.4) is 0 Å². The zero-order chi connectivity index (χ0) is 14.7. The van der Waals surface area contributed by atoms with E-state index in [1.165, 1.54) is 5.56 Å². The minimum Gasteiger partial charge on any atom is -0.338 e. The highest BCUT2D eigenvalue weighted by Crippen LogP contribution is 2.37. The average molecular weight is 285 g/mol. The molecule has 0 unspecified atom stereocenters. The number of rotatable bonds is 4. The first-order valence-electron chi connectivity index (χ1n) is 7.86. The van der Waals surface area contributed by atoms with Crippen molar-refractivity contribution < 1.29 is 4.52 Å². The van der Waals surface area contributed by atoms with E-state index in [0.29, 0.717) is 0 Å². The lowest BCUT2D eigenvalue weighted by Crippen LogP contribution is -2.40. The molecule has 0 amide bonds. The van der Waals surface area contributed by atoms with Crippen molar-refractivity contribution in [1.29, 1.82) is 0 Å². The number of nitrogens with one attached hydrogen (secondary N) is 1. The number of nitrogens with zero attached hydrogens (tertiary/aromatic N) is 2. The summed E-state index contributed by atoms with van der Waals surface area (Å²) in [6, 6.07) is 8.19. The van der Waals surface area contributed by atoms with Gasteiger partial charge < -0.3 is 9.84 Å². The molecule has 0 atom stereocenters. The maximum absolute atomic E-state index is 5.68. The molecule has 1 N–H and O–H groups in total. The molecule has 1 aliphatic heterocycles. The van der Waals surface area contributed by atoms with Crippen molar-refractivity contribution in [2.24, 2.45) is 0 Å². The second-order valence-corrected chi connectivity index (χ2v) is 6.02. The molecule has 2 aromatic rings. The van der Waals surface area contributed by atoms with E-state index in [0.717, 1.165) is 56.1 Å². The Morgan fingerprint density at radius 2 is 2.00 bits per heavy atom. The molecular weight excluding hydrogens is 262 g/mol. The van der Waals surface area contributed by atoms with Crippen molar-refractivity contribution in [1.82, 2.24) is 15.5 Å². The SMILES string of the molecule is CCCC1(c2nc(-c3ccccc3C)no2)CCNCC1. The lowest BCUT2D eigenvalue weighted by Gasteiger charge is -2.34. The third kappa shape index (κ3) is 2.72.